The van der Waals surface area contributed by atoms with Crippen LogP contribution in [0.2, 0.25) is 0 Å². The summed E-state index contributed by atoms with van der Waals surface area (Å²) in [5.74, 6) is -1.65. The number of fused-ring (bicyclic) bond motifs is 1. The van der Waals surface area contributed by atoms with Gasteiger partial charge < -0.3 is 9.84 Å². The van der Waals surface area contributed by atoms with Gasteiger partial charge in [-0.2, -0.15) is 0 Å². The van der Waals surface area contributed by atoms with E-state index in [9.17, 15) is 9.59 Å². The normalized spacial score (nSPS) is 53.6. The van der Waals surface area contributed by atoms with E-state index in [4.69, 9.17) is 9.84 Å². The van der Waals surface area contributed by atoms with Crippen molar-refractivity contribution >= 4 is 34.5 Å². The van der Waals surface area contributed by atoms with E-state index in [1.165, 1.54) is 0 Å². The molecule has 14 heavy (non-hydrogen) atoms. The highest BCUT2D eigenvalue weighted by molar-refractivity contribution is 14.1. The van der Waals surface area contributed by atoms with Gasteiger partial charge in [0.15, 0.2) is 0 Å². The monoisotopic (exact) mass is 308 g/mol. The first-order valence-corrected chi connectivity index (χ1v) is 5.93. The Labute approximate surface area is 94.1 Å². The Kier molecular flexibility index (Phi) is 1.67. The largest absolute Gasteiger partial charge is 0.481 e. The van der Waals surface area contributed by atoms with E-state index in [1.807, 2.05) is 0 Å². The van der Waals surface area contributed by atoms with E-state index in [-0.39, 0.29) is 33.8 Å². The van der Waals surface area contributed by atoms with Crippen molar-refractivity contribution in [3.8, 4) is 0 Å². The molecule has 3 fully saturated rings. The third-order valence-corrected chi connectivity index (χ3v) is 5.44. The first-order valence-electron chi connectivity index (χ1n) is 4.68. The fourth-order valence-corrected chi connectivity index (χ4v) is 4.73. The van der Waals surface area contributed by atoms with Crippen LogP contribution in [-0.4, -0.2) is 27.1 Å². The Morgan fingerprint density at radius 1 is 1.50 bits per heavy atom. The van der Waals surface area contributed by atoms with Gasteiger partial charge in [0, 0.05) is 5.92 Å². The molecule has 2 bridgehead atoms. The Morgan fingerprint density at radius 3 is 2.86 bits per heavy atom. The lowest BCUT2D eigenvalue weighted by atomic mass is 9.80. The predicted molar refractivity (Wildman–Crippen MR) is 53.9 cm³/mol. The van der Waals surface area contributed by atoms with Gasteiger partial charge in [-0.15, -0.1) is 0 Å². The molecule has 2 saturated carbocycles. The first-order chi connectivity index (χ1) is 6.61. The van der Waals surface area contributed by atoms with Gasteiger partial charge >= 0.3 is 11.9 Å². The lowest BCUT2D eigenvalue weighted by molar-refractivity contribution is -0.151. The summed E-state index contributed by atoms with van der Waals surface area (Å²) in [6.07, 6.45) is 0.847. The first kappa shape index (κ1) is 8.94. The van der Waals surface area contributed by atoms with Crippen LogP contribution in [0.3, 0.4) is 0 Å². The lowest BCUT2D eigenvalue weighted by Gasteiger charge is -2.25. The number of hydrogen-bond acceptors (Lipinski definition) is 3. The maximum absolute atomic E-state index is 11.5. The van der Waals surface area contributed by atoms with Crippen LogP contribution in [-0.2, 0) is 14.3 Å². The molecule has 2 aliphatic carbocycles. The summed E-state index contributed by atoms with van der Waals surface area (Å²) >= 11 is 2.23. The Hall–Kier alpha value is -0.330. The Morgan fingerprint density at radius 2 is 2.21 bits per heavy atom. The molecular weight excluding hydrogens is 299 g/mol. The molecule has 1 heterocycles. The summed E-state index contributed by atoms with van der Waals surface area (Å²) < 4.78 is 5.42. The van der Waals surface area contributed by atoms with Crippen molar-refractivity contribution in [1.82, 2.24) is 0 Å². The van der Waals surface area contributed by atoms with Crippen LogP contribution >= 0.6 is 22.6 Å². The molecule has 76 valence electrons. The van der Waals surface area contributed by atoms with Crippen molar-refractivity contribution < 1.29 is 19.4 Å². The van der Waals surface area contributed by atoms with E-state index in [2.05, 4.69) is 22.6 Å². The second-order valence-corrected chi connectivity index (χ2v) is 5.74. The summed E-state index contributed by atoms with van der Waals surface area (Å²) in [5, 5.41) is 9.08. The minimum absolute atomic E-state index is 0.00583. The Bertz CT molecular complexity index is 329. The highest BCUT2D eigenvalue weighted by Crippen LogP contribution is 2.59. The average molecular weight is 308 g/mol. The number of rotatable bonds is 1. The van der Waals surface area contributed by atoms with Gasteiger partial charge in [-0.1, -0.05) is 22.6 Å². The molecule has 1 N–H and O–H groups in total. The van der Waals surface area contributed by atoms with Gasteiger partial charge in [0.2, 0.25) is 0 Å². The Balaban J connectivity index is 2.04. The molecule has 1 aliphatic heterocycles. The molecule has 1 saturated heterocycles. The molecule has 4 nitrogen and oxygen atoms in total. The van der Waals surface area contributed by atoms with E-state index >= 15 is 0 Å². The van der Waals surface area contributed by atoms with E-state index < -0.39 is 11.9 Å². The minimum atomic E-state index is -0.832. The predicted octanol–water partition coefficient (Wildman–Crippen LogP) is 0.682. The van der Waals surface area contributed by atoms with Crippen molar-refractivity contribution in [2.75, 3.05) is 0 Å². The molecule has 0 aromatic heterocycles. The quantitative estimate of drug-likeness (QED) is 0.440. The second-order valence-electron chi connectivity index (χ2n) is 4.30. The number of alkyl halides is 1. The number of ether oxygens (including phenoxy) is 1. The van der Waals surface area contributed by atoms with Crippen LogP contribution in [0.25, 0.3) is 0 Å². The number of carbonyl (C=O) groups is 2. The number of esters is 1. The molecule has 0 amide bonds. The van der Waals surface area contributed by atoms with Gasteiger partial charge in [0.1, 0.15) is 6.10 Å². The fraction of sp³-hybridized carbons (Fsp3) is 0.778. The van der Waals surface area contributed by atoms with Crippen molar-refractivity contribution in [1.29, 1.82) is 0 Å². The summed E-state index contributed by atoms with van der Waals surface area (Å²) in [6.45, 7) is 0. The molecule has 5 heteroatoms. The van der Waals surface area contributed by atoms with Gasteiger partial charge in [0.05, 0.1) is 15.8 Å². The third kappa shape index (κ3) is 0.844. The molecule has 6 atom stereocenters. The summed E-state index contributed by atoms with van der Waals surface area (Å²) in [5.41, 5.74) is 0. The zero-order valence-corrected chi connectivity index (χ0v) is 9.38. The number of hydrogen-bond donors (Lipinski definition) is 1. The van der Waals surface area contributed by atoms with Gasteiger partial charge in [-0.05, 0) is 12.3 Å². The van der Waals surface area contributed by atoms with Gasteiger partial charge in [-0.25, -0.2) is 0 Å². The molecule has 0 aromatic carbocycles. The topological polar surface area (TPSA) is 63.6 Å². The number of aliphatic carboxylic acids is 1. The highest BCUT2D eigenvalue weighted by atomic mass is 127. The standard InChI is InChI=1S/C9H9IO4/c10-6-2-1-3-5(4(2)8(11)12)9(13)14-7(3)6/h2-7H,1H2,(H,11,12)/t2-,3+,4+,5+,6-,7-/m0/s1. The van der Waals surface area contributed by atoms with Crippen LogP contribution in [0, 0.1) is 23.7 Å². The van der Waals surface area contributed by atoms with E-state index in [0.29, 0.717) is 0 Å². The lowest BCUT2D eigenvalue weighted by Crippen LogP contribution is -2.37. The summed E-state index contributed by atoms with van der Waals surface area (Å²) in [6, 6.07) is 0. The molecule has 0 radical (unpaired) electrons. The van der Waals surface area contributed by atoms with Crippen LogP contribution in [0.5, 0.6) is 0 Å². The summed E-state index contributed by atoms with van der Waals surface area (Å²) in [4.78, 5) is 22.5. The number of carbonyl (C=O) groups excluding carboxylic acids is 1. The molecular formula is C9H9IO4. The van der Waals surface area contributed by atoms with E-state index in [1.54, 1.807) is 0 Å². The van der Waals surface area contributed by atoms with Crippen molar-refractivity contribution in [3.63, 3.8) is 0 Å². The summed E-state index contributed by atoms with van der Waals surface area (Å²) in [7, 11) is 0. The van der Waals surface area contributed by atoms with Crippen molar-refractivity contribution in [2.24, 2.45) is 23.7 Å². The molecule has 0 spiro atoms. The SMILES string of the molecule is O=C(O)[C@@H]1[C@@H]2C[C@H]3[C@H](OC(=O)[C@H]31)[C@H]2I. The molecule has 0 unspecified atom stereocenters. The maximum atomic E-state index is 11.5. The number of carboxylic acid groups (broad SMARTS) is 1. The third-order valence-electron chi connectivity index (χ3n) is 3.81. The molecule has 3 aliphatic rings. The average Bonchev–Trinajstić information content (AvgIpc) is 2.67. The molecule has 0 aromatic rings. The van der Waals surface area contributed by atoms with Crippen LogP contribution in [0.4, 0.5) is 0 Å². The van der Waals surface area contributed by atoms with Crippen molar-refractivity contribution in [3.05, 3.63) is 0 Å². The van der Waals surface area contributed by atoms with Crippen molar-refractivity contribution in [2.45, 2.75) is 16.4 Å². The minimum Gasteiger partial charge on any atom is -0.481 e. The fourth-order valence-electron chi connectivity index (χ4n) is 3.31. The second kappa shape index (κ2) is 2.62. The van der Waals surface area contributed by atoms with Crippen LogP contribution in [0.15, 0.2) is 0 Å². The van der Waals surface area contributed by atoms with Crippen LogP contribution < -0.4 is 0 Å². The molecule has 3 rings (SSSR count). The van der Waals surface area contributed by atoms with E-state index in [0.717, 1.165) is 6.42 Å². The maximum Gasteiger partial charge on any atom is 0.310 e. The smallest absolute Gasteiger partial charge is 0.310 e. The van der Waals surface area contributed by atoms with Gasteiger partial charge in [-0.3, -0.25) is 9.59 Å². The highest BCUT2D eigenvalue weighted by Gasteiger charge is 2.67. The zero-order chi connectivity index (χ0) is 10.0. The van der Waals surface area contributed by atoms with Gasteiger partial charge in [0.25, 0.3) is 0 Å². The number of carboxylic acids is 1. The van der Waals surface area contributed by atoms with Crippen LogP contribution in [0.1, 0.15) is 6.42 Å². The zero-order valence-electron chi connectivity index (χ0n) is 7.22. The number of halogens is 1.